The number of halogens is 1. The van der Waals surface area contributed by atoms with Crippen molar-refractivity contribution >= 4 is 28.3 Å². The highest BCUT2D eigenvalue weighted by molar-refractivity contribution is 6.30. The van der Waals surface area contributed by atoms with Crippen LogP contribution in [-0.2, 0) is 11.2 Å². The summed E-state index contributed by atoms with van der Waals surface area (Å²) in [7, 11) is 1.69. The van der Waals surface area contributed by atoms with Gasteiger partial charge in [-0.1, -0.05) is 29.8 Å². The van der Waals surface area contributed by atoms with Crippen LogP contribution in [0.4, 0.5) is 0 Å². The molecule has 1 spiro atoms. The van der Waals surface area contributed by atoms with Crippen molar-refractivity contribution in [1.29, 1.82) is 0 Å². The van der Waals surface area contributed by atoms with Gasteiger partial charge in [-0.3, -0.25) is 4.79 Å². The SMILES string of the molecule is COc1ccc2cc(CCC(N)=O)cc([C@H]3CC4(CCC4)Oc4ccc(Cl)cc43)c2c1. The lowest BCUT2D eigenvalue weighted by molar-refractivity contribution is -0.117. The molecule has 160 valence electrons. The average molecular weight is 436 g/mol. The van der Waals surface area contributed by atoms with Crippen LogP contribution in [-0.4, -0.2) is 18.6 Å². The van der Waals surface area contributed by atoms with Crippen LogP contribution in [0.1, 0.15) is 54.7 Å². The smallest absolute Gasteiger partial charge is 0.217 e. The number of nitrogens with two attached hydrogens (primary N) is 1. The van der Waals surface area contributed by atoms with Gasteiger partial charge in [-0.15, -0.1) is 0 Å². The van der Waals surface area contributed by atoms with Gasteiger partial charge in [-0.05, 0) is 84.3 Å². The van der Waals surface area contributed by atoms with Crippen molar-refractivity contribution in [3.05, 3.63) is 70.2 Å². The maximum atomic E-state index is 11.4. The van der Waals surface area contributed by atoms with E-state index in [2.05, 4.69) is 24.3 Å². The predicted molar refractivity (Wildman–Crippen MR) is 123 cm³/mol. The highest BCUT2D eigenvalue weighted by Gasteiger charge is 2.46. The molecule has 0 saturated heterocycles. The predicted octanol–water partition coefficient (Wildman–Crippen LogP) is 5.76. The van der Waals surface area contributed by atoms with Crippen molar-refractivity contribution < 1.29 is 14.3 Å². The highest BCUT2D eigenvalue weighted by Crippen LogP contribution is 2.53. The number of carbonyl (C=O) groups excluding carboxylic acids is 1. The summed E-state index contributed by atoms with van der Waals surface area (Å²) in [5.41, 5.74) is 8.80. The summed E-state index contributed by atoms with van der Waals surface area (Å²) in [6.45, 7) is 0. The molecule has 2 N–H and O–H groups in total. The normalized spacial score (nSPS) is 18.8. The number of rotatable bonds is 5. The standard InChI is InChI=1S/C26H26ClNO3/c1-30-19-6-4-17-11-16(3-8-25(28)29)12-21(20(17)14-19)23-15-26(9-2-10-26)31-24-7-5-18(27)13-22(23)24/h4-7,11-14,23H,2-3,8-10,15H2,1H3,(H2,28,29)/t23-/m1/s1. The van der Waals surface area contributed by atoms with Crippen LogP contribution in [0, 0.1) is 0 Å². The minimum Gasteiger partial charge on any atom is -0.497 e. The van der Waals surface area contributed by atoms with Gasteiger partial charge in [0, 0.05) is 22.9 Å². The average Bonchev–Trinajstić information content (AvgIpc) is 2.75. The Bertz CT molecular complexity index is 1170. The monoisotopic (exact) mass is 435 g/mol. The van der Waals surface area contributed by atoms with Gasteiger partial charge in [0.1, 0.15) is 17.1 Å². The van der Waals surface area contributed by atoms with Gasteiger partial charge >= 0.3 is 0 Å². The lowest BCUT2D eigenvalue weighted by atomic mass is 9.68. The van der Waals surface area contributed by atoms with Crippen molar-refractivity contribution in [1.82, 2.24) is 0 Å². The minimum atomic E-state index is -0.284. The third-order valence-electron chi connectivity index (χ3n) is 6.80. The first-order valence-corrected chi connectivity index (χ1v) is 11.2. The zero-order valence-electron chi connectivity index (χ0n) is 17.6. The molecular weight excluding hydrogens is 410 g/mol. The maximum absolute atomic E-state index is 11.4. The lowest BCUT2D eigenvalue weighted by Gasteiger charge is -2.48. The van der Waals surface area contributed by atoms with Crippen LogP contribution in [0.2, 0.25) is 5.02 Å². The first-order chi connectivity index (χ1) is 15.0. The Labute approximate surface area is 187 Å². The molecule has 1 aliphatic heterocycles. The van der Waals surface area contributed by atoms with Crippen LogP contribution in [0.3, 0.4) is 0 Å². The lowest BCUT2D eigenvalue weighted by Crippen LogP contribution is -2.47. The molecular formula is C26H26ClNO3. The molecule has 2 aliphatic rings. The van der Waals surface area contributed by atoms with Gasteiger partial charge in [-0.2, -0.15) is 0 Å². The molecule has 1 aliphatic carbocycles. The summed E-state index contributed by atoms with van der Waals surface area (Å²) in [6, 6.07) is 16.5. The zero-order chi connectivity index (χ0) is 21.6. The summed E-state index contributed by atoms with van der Waals surface area (Å²) >= 11 is 6.40. The molecule has 1 fully saturated rings. The molecule has 5 rings (SSSR count). The van der Waals surface area contributed by atoms with Crippen LogP contribution in [0.15, 0.2) is 48.5 Å². The van der Waals surface area contributed by atoms with Crippen molar-refractivity contribution in [2.45, 2.75) is 50.0 Å². The van der Waals surface area contributed by atoms with E-state index in [0.29, 0.717) is 17.9 Å². The minimum absolute atomic E-state index is 0.0973. The quantitative estimate of drug-likeness (QED) is 0.554. The second-order valence-electron chi connectivity index (χ2n) is 8.82. The van der Waals surface area contributed by atoms with Gasteiger partial charge in [0.25, 0.3) is 0 Å². The Morgan fingerprint density at radius 1 is 1.16 bits per heavy atom. The number of carbonyl (C=O) groups is 1. The van der Waals surface area contributed by atoms with Crippen LogP contribution in [0.5, 0.6) is 11.5 Å². The second-order valence-corrected chi connectivity index (χ2v) is 9.25. The Morgan fingerprint density at radius 3 is 2.71 bits per heavy atom. The molecule has 1 atom stereocenters. The molecule has 0 bridgehead atoms. The summed E-state index contributed by atoms with van der Waals surface area (Å²) in [5.74, 6) is 1.63. The van der Waals surface area contributed by atoms with Crippen molar-refractivity contribution in [2.24, 2.45) is 5.73 Å². The molecule has 1 amide bonds. The number of hydrogen-bond donors (Lipinski definition) is 1. The van der Waals surface area contributed by atoms with Crippen LogP contribution < -0.4 is 15.2 Å². The molecule has 3 aromatic rings. The van der Waals surface area contributed by atoms with Gasteiger partial charge in [0.05, 0.1) is 7.11 Å². The second kappa shape index (κ2) is 7.76. The topological polar surface area (TPSA) is 61.5 Å². The van der Waals surface area contributed by atoms with E-state index in [1.165, 1.54) is 12.0 Å². The van der Waals surface area contributed by atoms with E-state index in [1.54, 1.807) is 7.11 Å². The van der Waals surface area contributed by atoms with Crippen molar-refractivity contribution in [3.8, 4) is 11.5 Å². The van der Waals surface area contributed by atoms with Gasteiger partial charge in [0.15, 0.2) is 0 Å². The third kappa shape index (κ3) is 3.74. The molecule has 3 aromatic carbocycles. The van der Waals surface area contributed by atoms with E-state index in [0.717, 1.165) is 52.7 Å². The van der Waals surface area contributed by atoms with Gasteiger partial charge < -0.3 is 15.2 Å². The fourth-order valence-electron chi connectivity index (χ4n) is 5.05. The molecule has 4 nitrogen and oxygen atoms in total. The van der Waals surface area contributed by atoms with E-state index in [4.69, 9.17) is 26.8 Å². The number of methoxy groups -OCH3 is 1. The number of benzene rings is 3. The van der Waals surface area contributed by atoms with Crippen LogP contribution >= 0.6 is 11.6 Å². The molecule has 5 heteroatoms. The fourth-order valence-corrected chi connectivity index (χ4v) is 5.23. The Morgan fingerprint density at radius 2 is 2.00 bits per heavy atom. The number of aryl methyl sites for hydroxylation is 1. The number of hydrogen-bond acceptors (Lipinski definition) is 3. The Hall–Kier alpha value is -2.72. The van der Waals surface area contributed by atoms with Gasteiger partial charge in [0.2, 0.25) is 5.91 Å². The van der Waals surface area contributed by atoms with E-state index in [-0.39, 0.29) is 17.4 Å². The first kappa shape index (κ1) is 20.2. The molecule has 1 heterocycles. The van der Waals surface area contributed by atoms with Crippen molar-refractivity contribution in [2.75, 3.05) is 7.11 Å². The molecule has 31 heavy (non-hydrogen) atoms. The Balaban J connectivity index is 1.70. The van der Waals surface area contributed by atoms with E-state index >= 15 is 0 Å². The van der Waals surface area contributed by atoms with E-state index < -0.39 is 0 Å². The maximum Gasteiger partial charge on any atom is 0.217 e. The number of amides is 1. The molecule has 0 aromatic heterocycles. The summed E-state index contributed by atoms with van der Waals surface area (Å²) < 4.78 is 12.0. The fraction of sp³-hybridized carbons (Fsp3) is 0.346. The highest BCUT2D eigenvalue weighted by atomic mass is 35.5. The number of primary amides is 1. The molecule has 1 saturated carbocycles. The third-order valence-corrected chi connectivity index (χ3v) is 7.04. The van der Waals surface area contributed by atoms with Crippen LogP contribution in [0.25, 0.3) is 10.8 Å². The summed E-state index contributed by atoms with van der Waals surface area (Å²) in [5, 5.41) is 3.01. The van der Waals surface area contributed by atoms with E-state index in [9.17, 15) is 4.79 Å². The Kier molecular flexibility index (Phi) is 5.05. The first-order valence-electron chi connectivity index (χ1n) is 10.8. The summed E-state index contributed by atoms with van der Waals surface area (Å²) in [6.07, 6.45) is 5.24. The number of ether oxygens (including phenoxy) is 2. The number of fused-ring (bicyclic) bond motifs is 2. The summed E-state index contributed by atoms with van der Waals surface area (Å²) in [4.78, 5) is 11.4. The van der Waals surface area contributed by atoms with Crippen molar-refractivity contribution in [3.63, 3.8) is 0 Å². The van der Waals surface area contributed by atoms with E-state index in [1.807, 2.05) is 24.3 Å². The molecule has 0 unspecified atom stereocenters. The zero-order valence-corrected chi connectivity index (χ0v) is 18.4. The van der Waals surface area contributed by atoms with Gasteiger partial charge in [-0.25, -0.2) is 0 Å². The molecule has 0 radical (unpaired) electrons. The largest absolute Gasteiger partial charge is 0.497 e.